The number of ether oxygens (including phenoxy) is 1. The number of anilines is 1. The van der Waals surface area contributed by atoms with E-state index in [4.69, 9.17) is 9.72 Å². The summed E-state index contributed by atoms with van der Waals surface area (Å²) in [5, 5.41) is 3.83. The van der Waals surface area contributed by atoms with Gasteiger partial charge < -0.3 is 10.1 Å². The zero-order valence-corrected chi connectivity index (χ0v) is 16.6. The number of rotatable bonds is 5. The number of hydrogen-bond donors (Lipinski definition) is 1. The Balaban J connectivity index is 1.48. The molecule has 0 spiro atoms. The van der Waals surface area contributed by atoms with Crippen molar-refractivity contribution in [2.75, 3.05) is 25.1 Å². The van der Waals surface area contributed by atoms with Gasteiger partial charge >= 0.3 is 0 Å². The summed E-state index contributed by atoms with van der Waals surface area (Å²) in [5.41, 5.74) is 2.10. The average Bonchev–Trinajstić information content (AvgIpc) is 3.36. The predicted molar refractivity (Wildman–Crippen MR) is 109 cm³/mol. The van der Waals surface area contributed by atoms with Crippen molar-refractivity contribution in [1.29, 1.82) is 0 Å². The minimum Gasteiger partial charge on any atom is -0.381 e. The van der Waals surface area contributed by atoms with Crippen molar-refractivity contribution < 1.29 is 9.53 Å². The number of amides is 1. The largest absolute Gasteiger partial charge is 0.381 e. The van der Waals surface area contributed by atoms with E-state index >= 15 is 0 Å². The minimum absolute atomic E-state index is 0.0396. The Labute approximate surface area is 164 Å². The number of aryl methyl sites for hydroxylation is 1. The van der Waals surface area contributed by atoms with Crippen LogP contribution < -0.4 is 5.32 Å². The van der Waals surface area contributed by atoms with Crippen LogP contribution in [-0.2, 0) is 16.0 Å². The van der Waals surface area contributed by atoms with Crippen LogP contribution in [0.15, 0.2) is 30.3 Å². The highest BCUT2D eigenvalue weighted by molar-refractivity contribution is 7.16. The number of likely N-dealkylation sites (tertiary alicyclic amines) is 1. The van der Waals surface area contributed by atoms with Gasteiger partial charge in [0.25, 0.3) is 0 Å². The van der Waals surface area contributed by atoms with Crippen LogP contribution in [0.1, 0.15) is 37.5 Å². The Bertz CT molecular complexity index is 771. The molecule has 3 heterocycles. The normalized spacial score (nSPS) is 21.4. The zero-order chi connectivity index (χ0) is 18.6. The van der Waals surface area contributed by atoms with E-state index in [1.807, 2.05) is 18.2 Å². The maximum Gasteiger partial charge on any atom is 0.243 e. The summed E-state index contributed by atoms with van der Waals surface area (Å²) in [6.45, 7) is 4.76. The fourth-order valence-electron chi connectivity index (χ4n) is 4.18. The number of benzene rings is 1. The van der Waals surface area contributed by atoms with Gasteiger partial charge in [0.1, 0.15) is 0 Å². The fourth-order valence-corrected chi connectivity index (χ4v) is 5.11. The summed E-state index contributed by atoms with van der Waals surface area (Å²) in [6.07, 6.45) is 4.98. The van der Waals surface area contributed by atoms with Crippen LogP contribution in [-0.4, -0.2) is 47.6 Å². The smallest absolute Gasteiger partial charge is 0.243 e. The molecular weight excluding hydrogens is 358 g/mol. The van der Waals surface area contributed by atoms with E-state index in [-0.39, 0.29) is 11.9 Å². The number of nitrogens with one attached hydrogen (secondary N) is 1. The van der Waals surface area contributed by atoms with Crippen LogP contribution in [0.3, 0.4) is 0 Å². The molecule has 2 aromatic rings. The van der Waals surface area contributed by atoms with Crippen LogP contribution in [0.5, 0.6) is 0 Å². The summed E-state index contributed by atoms with van der Waals surface area (Å²) in [6, 6.07) is 10.6. The van der Waals surface area contributed by atoms with Gasteiger partial charge in [-0.3, -0.25) is 9.69 Å². The molecule has 1 amide bonds. The highest BCUT2D eigenvalue weighted by atomic mass is 32.1. The molecule has 2 aliphatic heterocycles. The molecule has 0 radical (unpaired) electrons. The molecule has 2 saturated heterocycles. The van der Waals surface area contributed by atoms with Crippen molar-refractivity contribution >= 4 is 22.4 Å². The van der Waals surface area contributed by atoms with Crippen molar-refractivity contribution in [3.05, 3.63) is 35.2 Å². The van der Waals surface area contributed by atoms with Gasteiger partial charge in [0, 0.05) is 29.7 Å². The minimum atomic E-state index is -0.0396. The van der Waals surface area contributed by atoms with E-state index in [1.54, 1.807) is 11.3 Å². The van der Waals surface area contributed by atoms with Gasteiger partial charge in [-0.1, -0.05) is 37.3 Å². The van der Waals surface area contributed by atoms with E-state index < -0.39 is 0 Å². The average molecular weight is 386 g/mol. The maximum absolute atomic E-state index is 13.0. The first-order valence-corrected chi connectivity index (χ1v) is 10.8. The van der Waals surface area contributed by atoms with Crippen LogP contribution in [0.25, 0.3) is 11.3 Å². The van der Waals surface area contributed by atoms with Gasteiger partial charge in [-0.05, 0) is 38.6 Å². The Hall–Kier alpha value is -1.76. The number of carbonyl (C=O) groups is 1. The molecule has 144 valence electrons. The van der Waals surface area contributed by atoms with Gasteiger partial charge in [0.2, 0.25) is 5.91 Å². The fraction of sp³-hybridized carbons (Fsp3) is 0.524. The lowest BCUT2D eigenvalue weighted by atomic mass is 10.1. The lowest BCUT2D eigenvalue weighted by Gasteiger charge is -2.34. The first kappa shape index (κ1) is 18.6. The number of carbonyl (C=O) groups excluding carboxylic acids is 1. The standard InChI is InChI=1S/C21H27N3O2S/c1-2-18-19(15-7-4-3-5-8-15)22-21(27-18)23-20(25)17-9-6-12-24(17)16-10-13-26-14-11-16/h3-5,7-8,16-17H,2,6,9-14H2,1H3,(H,22,23,25)/t17-/m0/s1. The van der Waals surface area contributed by atoms with Gasteiger partial charge in [0.05, 0.1) is 11.7 Å². The Kier molecular flexibility index (Phi) is 5.86. The molecule has 2 aliphatic rings. The summed E-state index contributed by atoms with van der Waals surface area (Å²) in [4.78, 5) is 21.3. The summed E-state index contributed by atoms with van der Waals surface area (Å²) < 4.78 is 5.49. The van der Waals surface area contributed by atoms with Crippen molar-refractivity contribution in [3.8, 4) is 11.3 Å². The molecule has 27 heavy (non-hydrogen) atoms. The lowest BCUT2D eigenvalue weighted by molar-refractivity contribution is -0.121. The molecule has 1 aromatic carbocycles. The first-order valence-electron chi connectivity index (χ1n) is 9.95. The number of nitrogens with zero attached hydrogens (tertiary/aromatic N) is 2. The third-order valence-electron chi connectivity index (χ3n) is 5.55. The molecule has 1 atom stereocenters. The van der Waals surface area contributed by atoms with E-state index in [0.29, 0.717) is 6.04 Å². The summed E-state index contributed by atoms with van der Waals surface area (Å²) in [5.74, 6) is 0.0926. The van der Waals surface area contributed by atoms with Crippen LogP contribution in [0.2, 0.25) is 0 Å². The molecule has 0 aliphatic carbocycles. The van der Waals surface area contributed by atoms with Crippen molar-refractivity contribution in [1.82, 2.24) is 9.88 Å². The predicted octanol–water partition coefficient (Wildman–Crippen LogP) is 3.95. The van der Waals surface area contributed by atoms with Gasteiger partial charge in [-0.25, -0.2) is 4.98 Å². The molecule has 0 unspecified atom stereocenters. The molecular formula is C21H27N3O2S. The van der Waals surface area contributed by atoms with Crippen LogP contribution in [0, 0.1) is 0 Å². The first-order chi connectivity index (χ1) is 13.3. The highest BCUT2D eigenvalue weighted by Crippen LogP contribution is 2.32. The Morgan fingerprint density at radius 1 is 1.26 bits per heavy atom. The lowest BCUT2D eigenvalue weighted by Crippen LogP contribution is -2.47. The molecule has 0 bridgehead atoms. The van der Waals surface area contributed by atoms with Crippen LogP contribution in [0.4, 0.5) is 5.13 Å². The molecule has 0 saturated carbocycles. The van der Waals surface area contributed by atoms with Gasteiger partial charge in [-0.2, -0.15) is 0 Å². The SMILES string of the molecule is CCc1sc(NC(=O)[C@@H]2CCCN2C2CCOCC2)nc1-c1ccccc1. The highest BCUT2D eigenvalue weighted by Gasteiger charge is 2.36. The Morgan fingerprint density at radius 2 is 2.04 bits per heavy atom. The Morgan fingerprint density at radius 3 is 2.78 bits per heavy atom. The second-order valence-electron chi connectivity index (χ2n) is 7.24. The third-order valence-corrected chi connectivity index (χ3v) is 6.67. The second kappa shape index (κ2) is 8.50. The molecule has 2 fully saturated rings. The number of thiazole rings is 1. The number of hydrogen-bond acceptors (Lipinski definition) is 5. The third kappa shape index (κ3) is 4.08. The quantitative estimate of drug-likeness (QED) is 0.847. The monoisotopic (exact) mass is 385 g/mol. The van der Waals surface area contributed by atoms with E-state index in [0.717, 1.165) is 68.3 Å². The molecule has 6 heteroatoms. The molecule has 4 rings (SSSR count). The summed E-state index contributed by atoms with van der Waals surface area (Å²) >= 11 is 1.60. The van der Waals surface area contributed by atoms with E-state index in [2.05, 4.69) is 29.3 Å². The van der Waals surface area contributed by atoms with Gasteiger partial charge in [-0.15, -0.1) is 11.3 Å². The van der Waals surface area contributed by atoms with Gasteiger partial charge in [0.15, 0.2) is 5.13 Å². The number of aromatic nitrogens is 1. The zero-order valence-electron chi connectivity index (χ0n) is 15.8. The topological polar surface area (TPSA) is 54.5 Å². The van der Waals surface area contributed by atoms with Crippen molar-refractivity contribution in [2.45, 2.75) is 51.1 Å². The molecule has 1 aromatic heterocycles. The van der Waals surface area contributed by atoms with Crippen molar-refractivity contribution in [2.24, 2.45) is 0 Å². The van der Waals surface area contributed by atoms with E-state index in [1.165, 1.54) is 4.88 Å². The molecule has 1 N–H and O–H groups in total. The van der Waals surface area contributed by atoms with Crippen molar-refractivity contribution in [3.63, 3.8) is 0 Å². The molecule has 5 nitrogen and oxygen atoms in total. The second-order valence-corrected chi connectivity index (χ2v) is 8.32. The van der Waals surface area contributed by atoms with E-state index in [9.17, 15) is 4.79 Å². The van der Waals surface area contributed by atoms with Crippen LogP contribution >= 0.6 is 11.3 Å². The maximum atomic E-state index is 13.0. The summed E-state index contributed by atoms with van der Waals surface area (Å²) in [7, 11) is 0.